The molecule has 3 N–H and O–H groups in total. The average molecular weight is 240 g/mol. The molecule has 0 bridgehead atoms. The molecular formula is C13H20O4. The number of carboxylic acids is 1. The molecule has 17 heavy (non-hydrogen) atoms. The van der Waals surface area contributed by atoms with E-state index in [1.807, 2.05) is 33.8 Å². The highest BCUT2D eigenvalue weighted by atomic mass is 16.5. The number of carboxylic acid groups (broad SMARTS) is 1. The van der Waals surface area contributed by atoms with Crippen LogP contribution in [0.1, 0.15) is 49.5 Å². The van der Waals surface area contributed by atoms with Crippen LogP contribution in [0.3, 0.4) is 0 Å². The maximum atomic E-state index is 11.1. The Bertz CT molecular complexity index is 383. The molecule has 0 atom stereocenters. The quantitative estimate of drug-likeness (QED) is 0.878. The number of carbonyl (C=O) groups is 1. The number of benzene rings is 1. The fraction of sp³-hybridized carbons (Fsp3) is 0.462. The first-order valence-electron chi connectivity index (χ1n) is 5.46. The predicted octanol–water partition coefficient (Wildman–Crippen LogP) is 2.47. The summed E-state index contributed by atoms with van der Waals surface area (Å²) < 4.78 is 5.62. The van der Waals surface area contributed by atoms with Gasteiger partial charge in [0.05, 0.1) is 6.10 Å². The van der Waals surface area contributed by atoms with Crippen molar-refractivity contribution in [2.24, 2.45) is 0 Å². The Morgan fingerprint density at radius 2 is 1.82 bits per heavy atom. The molecule has 4 heteroatoms. The van der Waals surface area contributed by atoms with Crippen LogP contribution in [0.15, 0.2) is 18.2 Å². The second-order valence-corrected chi connectivity index (χ2v) is 4.35. The summed E-state index contributed by atoms with van der Waals surface area (Å²) in [5.41, 5.74) is 1.17. The molecule has 4 nitrogen and oxygen atoms in total. The highest BCUT2D eigenvalue weighted by Crippen LogP contribution is 2.31. The predicted molar refractivity (Wildman–Crippen MR) is 66.9 cm³/mol. The molecule has 0 radical (unpaired) electrons. The summed E-state index contributed by atoms with van der Waals surface area (Å²) in [6, 6.07) is 5.24. The van der Waals surface area contributed by atoms with E-state index in [0.717, 1.165) is 5.56 Å². The number of para-hydroxylation sites is 1. The lowest BCUT2D eigenvalue weighted by Crippen LogP contribution is -2.12. The van der Waals surface area contributed by atoms with Crippen molar-refractivity contribution >= 4 is 5.97 Å². The van der Waals surface area contributed by atoms with Crippen molar-refractivity contribution in [1.29, 1.82) is 0 Å². The fourth-order valence-corrected chi connectivity index (χ4v) is 1.55. The molecule has 0 saturated heterocycles. The number of rotatable bonds is 4. The molecule has 0 unspecified atom stereocenters. The normalized spacial score (nSPS) is 10.2. The van der Waals surface area contributed by atoms with E-state index in [4.69, 9.17) is 9.84 Å². The van der Waals surface area contributed by atoms with Crippen LogP contribution in [0.25, 0.3) is 0 Å². The third kappa shape index (κ3) is 3.75. The van der Waals surface area contributed by atoms with Gasteiger partial charge >= 0.3 is 5.97 Å². The van der Waals surface area contributed by atoms with Gasteiger partial charge < -0.3 is 15.3 Å². The highest BCUT2D eigenvalue weighted by Gasteiger charge is 2.17. The van der Waals surface area contributed by atoms with Crippen molar-refractivity contribution < 1.29 is 20.1 Å². The molecule has 0 spiro atoms. The van der Waals surface area contributed by atoms with Crippen LogP contribution in [0.2, 0.25) is 0 Å². The van der Waals surface area contributed by atoms with Crippen molar-refractivity contribution in [3.63, 3.8) is 0 Å². The van der Waals surface area contributed by atoms with Crippen molar-refractivity contribution in [1.82, 2.24) is 0 Å². The minimum atomic E-state index is -0.946. The fourth-order valence-electron chi connectivity index (χ4n) is 1.55. The summed E-state index contributed by atoms with van der Waals surface area (Å²) in [6.07, 6.45) is -0.0296. The molecule has 1 aromatic carbocycles. The largest absolute Gasteiger partial charge is 0.490 e. The molecule has 0 aliphatic rings. The Morgan fingerprint density at radius 3 is 2.24 bits per heavy atom. The van der Waals surface area contributed by atoms with Gasteiger partial charge in [0.1, 0.15) is 11.3 Å². The van der Waals surface area contributed by atoms with E-state index in [1.54, 1.807) is 12.1 Å². The van der Waals surface area contributed by atoms with Crippen LogP contribution in [0.4, 0.5) is 0 Å². The van der Waals surface area contributed by atoms with Gasteiger partial charge in [0.25, 0.3) is 0 Å². The van der Waals surface area contributed by atoms with E-state index in [9.17, 15) is 4.79 Å². The Morgan fingerprint density at radius 1 is 1.24 bits per heavy atom. The minimum absolute atomic E-state index is 0. The zero-order chi connectivity index (χ0) is 12.3. The van der Waals surface area contributed by atoms with Gasteiger partial charge in [-0.2, -0.15) is 0 Å². The summed E-state index contributed by atoms with van der Waals surface area (Å²) in [5.74, 6) is -0.203. The summed E-state index contributed by atoms with van der Waals surface area (Å²) in [6.45, 7) is 7.83. The maximum absolute atomic E-state index is 11.1. The molecule has 0 fully saturated rings. The minimum Gasteiger partial charge on any atom is -0.490 e. The monoisotopic (exact) mass is 240 g/mol. The lowest BCUT2D eigenvalue weighted by atomic mass is 9.99. The van der Waals surface area contributed by atoms with Gasteiger partial charge in [0.15, 0.2) is 0 Å². The van der Waals surface area contributed by atoms with Crippen LogP contribution >= 0.6 is 0 Å². The highest BCUT2D eigenvalue weighted by molar-refractivity contribution is 5.91. The summed E-state index contributed by atoms with van der Waals surface area (Å²) >= 11 is 0. The maximum Gasteiger partial charge on any atom is 0.339 e. The van der Waals surface area contributed by atoms with Gasteiger partial charge in [-0.25, -0.2) is 4.79 Å². The van der Waals surface area contributed by atoms with Crippen molar-refractivity contribution in [2.75, 3.05) is 0 Å². The number of hydrogen-bond donors (Lipinski definition) is 1. The Balaban J connectivity index is 0.00000256. The van der Waals surface area contributed by atoms with Crippen molar-refractivity contribution in [3.8, 4) is 5.75 Å². The van der Waals surface area contributed by atoms with Gasteiger partial charge in [0.2, 0.25) is 0 Å². The number of hydrogen-bond acceptors (Lipinski definition) is 2. The number of aromatic carboxylic acids is 1. The van der Waals surface area contributed by atoms with Gasteiger partial charge in [0, 0.05) is 0 Å². The number of ether oxygens (including phenoxy) is 1. The molecular weight excluding hydrogens is 220 g/mol. The third-order valence-electron chi connectivity index (χ3n) is 2.25. The SMILES string of the molecule is CC(C)Oc1c(C(=O)O)cccc1C(C)C.O. The topological polar surface area (TPSA) is 78.0 Å². The smallest absolute Gasteiger partial charge is 0.339 e. The Hall–Kier alpha value is -1.55. The van der Waals surface area contributed by atoms with Gasteiger partial charge in [-0.3, -0.25) is 0 Å². The second kappa shape index (κ2) is 6.25. The van der Waals surface area contributed by atoms with Crippen LogP contribution in [0.5, 0.6) is 5.75 Å². The molecule has 0 aliphatic heterocycles. The first kappa shape index (κ1) is 15.4. The van der Waals surface area contributed by atoms with Crippen molar-refractivity contribution in [3.05, 3.63) is 29.3 Å². The van der Waals surface area contributed by atoms with Crippen LogP contribution in [-0.2, 0) is 0 Å². The van der Waals surface area contributed by atoms with Crippen molar-refractivity contribution in [2.45, 2.75) is 39.7 Å². The second-order valence-electron chi connectivity index (χ2n) is 4.35. The molecule has 0 saturated carbocycles. The zero-order valence-electron chi connectivity index (χ0n) is 10.7. The molecule has 0 heterocycles. The van der Waals surface area contributed by atoms with E-state index >= 15 is 0 Å². The van der Waals surface area contributed by atoms with E-state index in [0.29, 0.717) is 5.75 Å². The van der Waals surface area contributed by atoms with E-state index < -0.39 is 5.97 Å². The molecule has 0 amide bonds. The van der Waals surface area contributed by atoms with E-state index in [1.165, 1.54) is 0 Å². The first-order chi connectivity index (χ1) is 7.43. The average Bonchev–Trinajstić information content (AvgIpc) is 2.16. The van der Waals surface area contributed by atoms with E-state index in [-0.39, 0.29) is 23.1 Å². The van der Waals surface area contributed by atoms with Crippen LogP contribution in [0, 0.1) is 0 Å². The molecule has 96 valence electrons. The molecule has 0 aliphatic carbocycles. The standard InChI is InChI=1S/C13H18O3.H2O/c1-8(2)10-6-5-7-11(13(14)15)12(10)16-9(3)4;/h5-9H,1-4H3,(H,14,15);1H2. The van der Waals surface area contributed by atoms with Gasteiger partial charge in [-0.15, -0.1) is 0 Å². The lowest BCUT2D eigenvalue weighted by Gasteiger charge is -2.18. The third-order valence-corrected chi connectivity index (χ3v) is 2.25. The van der Waals surface area contributed by atoms with Crippen LogP contribution < -0.4 is 4.74 Å². The van der Waals surface area contributed by atoms with E-state index in [2.05, 4.69) is 0 Å². The first-order valence-corrected chi connectivity index (χ1v) is 5.46. The summed E-state index contributed by atoms with van der Waals surface area (Å²) in [7, 11) is 0. The summed E-state index contributed by atoms with van der Waals surface area (Å²) in [4.78, 5) is 11.1. The lowest BCUT2D eigenvalue weighted by molar-refractivity contribution is 0.0690. The van der Waals surface area contributed by atoms with Gasteiger partial charge in [-0.1, -0.05) is 26.0 Å². The molecule has 1 rings (SSSR count). The van der Waals surface area contributed by atoms with Crippen LogP contribution in [-0.4, -0.2) is 22.7 Å². The molecule has 1 aromatic rings. The summed E-state index contributed by atoms with van der Waals surface area (Å²) in [5, 5.41) is 9.10. The molecule has 0 aromatic heterocycles. The Labute approximate surface area is 102 Å². The zero-order valence-corrected chi connectivity index (χ0v) is 10.7. The Kier molecular flexibility index (Phi) is 5.68. The van der Waals surface area contributed by atoms with Gasteiger partial charge in [-0.05, 0) is 31.4 Å².